The number of unbranched alkanes of at least 4 members (excludes halogenated alkanes) is 10. The minimum Gasteiger partial charge on any atom is -0.394 e. The highest BCUT2D eigenvalue weighted by Gasteiger charge is 2.23. The summed E-state index contributed by atoms with van der Waals surface area (Å²) in [5, 5.41) is 9.02. The van der Waals surface area contributed by atoms with Gasteiger partial charge in [-0.25, -0.2) is 0 Å². The fourth-order valence-electron chi connectivity index (χ4n) is 3.16. The highest BCUT2D eigenvalue weighted by Crippen LogP contribution is 2.23. The van der Waals surface area contributed by atoms with Crippen LogP contribution >= 0.6 is 0 Å². The lowest BCUT2D eigenvalue weighted by molar-refractivity contribution is 0.00758. The van der Waals surface area contributed by atoms with E-state index in [0.29, 0.717) is 6.10 Å². The first-order valence-electron chi connectivity index (χ1n) is 9.13. The Morgan fingerprint density at radius 2 is 1.25 bits per heavy atom. The van der Waals surface area contributed by atoms with E-state index in [1.54, 1.807) is 0 Å². The van der Waals surface area contributed by atoms with Crippen LogP contribution in [0.15, 0.2) is 0 Å². The van der Waals surface area contributed by atoms with E-state index in [1.165, 1.54) is 77.0 Å². The topological polar surface area (TPSA) is 29.5 Å². The average molecular weight is 284 g/mol. The summed E-state index contributed by atoms with van der Waals surface area (Å²) in [6, 6.07) is 0. The van der Waals surface area contributed by atoms with Crippen molar-refractivity contribution >= 4 is 0 Å². The summed E-state index contributed by atoms with van der Waals surface area (Å²) in [7, 11) is 0. The third kappa shape index (κ3) is 8.97. The number of aliphatic hydroxyl groups is 1. The van der Waals surface area contributed by atoms with Gasteiger partial charge in [0.2, 0.25) is 0 Å². The lowest BCUT2D eigenvalue weighted by Gasteiger charge is -2.11. The van der Waals surface area contributed by atoms with E-state index in [9.17, 15) is 0 Å². The Bertz CT molecular complexity index is 206. The van der Waals surface area contributed by atoms with Gasteiger partial charge in [0.25, 0.3) is 0 Å². The van der Waals surface area contributed by atoms with E-state index in [4.69, 9.17) is 9.84 Å². The quantitative estimate of drug-likeness (QED) is 0.469. The van der Waals surface area contributed by atoms with Crippen molar-refractivity contribution in [2.45, 2.75) is 109 Å². The van der Waals surface area contributed by atoms with Crippen LogP contribution in [0.2, 0.25) is 0 Å². The molecule has 2 unspecified atom stereocenters. The fourth-order valence-corrected chi connectivity index (χ4v) is 3.16. The van der Waals surface area contributed by atoms with Crippen molar-refractivity contribution in [3.05, 3.63) is 0 Å². The van der Waals surface area contributed by atoms with Gasteiger partial charge in [-0.2, -0.15) is 0 Å². The molecule has 0 aromatic heterocycles. The molecule has 0 amide bonds. The molecule has 1 fully saturated rings. The molecule has 0 aromatic carbocycles. The van der Waals surface area contributed by atoms with Gasteiger partial charge in [-0.3, -0.25) is 0 Å². The first kappa shape index (κ1) is 18.0. The molecule has 0 bridgehead atoms. The molecule has 1 aliphatic rings. The Kier molecular flexibility index (Phi) is 11.4. The van der Waals surface area contributed by atoms with Gasteiger partial charge in [0.15, 0.2) is 0 Å². The van der Waals surface area contributed by atoms with Crippen LogP contribution in [0.4, 0.5) is 0 Å². The number of rotatable bonds is 13. The van der Waals surface area contributed by atoms with Crippen LogP contribution in [0, 0.1) is 0 Å². The molecule has 2 nitrogen and oxygen atoms in total. The van der Waals surface area contributed by atoms with Gasteiger partial charge in [-0.1, -0.05) is 77.6 Å². The Balaban J connectivity index is 1.75. The maximum atomic E-state index is 9.02. The summed E-state index contributed by atoms with van der Waals surface area (Å²) >= 11 is 0. The molecule has 2 heteroatoms. The predicted octanol–water partition coefficient (Wildman–Crippen LogP) is 5.23. The Morgan fingerprint density at radius 1 is 0.750 bits per heavy atom. The molecule has 1 rings (SSSR count). The van der Waals surface area contributed by atoms with Crippen LogP contribution in [-0.2, 0) is 4.74 Å². The molecule has 1 aliphatic heterocycles. The van der Waals surface area contributed by atoms with Gasteiger partial charge < -0.3 is 9.84 Å². The maximum absolute atomic E-state index is 9.02. The van der Waals surface area contributed by atoms with Gasteiger partial charge in [-0.05, 0) is 19.3 Å². The molecule has 0 saturated carbocycles. The smallest absolute Gasteiger partial charge is 0.0810 e. The summed E-state index contributed by atoms with van der Waals surface area (Å²) in [5.74, 6) is 0. The second-order valence-corrected chi connectivity index (χ2v) is 6.46. The van der Waals surface area contributed by atoms with Crippen LogP contribution in [0.25, 0.3) is 0 Å². The zero-order valence-corrected chi connectivity index (χ0v) is 13.6. The molecule has 1 heterocycles. The second kappa shape index (κ2) is 12.6. The number of hydrogen-bond donors (Lipinski definition) is 1. The van der Waals surface area contributed by atoms with Crippen LogP contribution in [0.1, 0.15) is 96.8 Å². The minimum absolute atomic E-state index is 0.132. The Morgan fingerprint density at radius 3 is 1.75 bits per heavy atom. The van der Waals surface area contributed by atoms with Crippen molar-refractivity contribution in [2.24, 2.45) is 0 Å². The normalized spacial score (nSPS) is 22.5. The summed E-state index contributed by atoms with van der Waals surface area (Å²) in [6.07, 6.45) is 19.4. The SMILES string of the molecule is CCCCCCCCCCCCCC1CCC(CO)O1. The largest absolute Gasteiger partial charge is 0.394 e. The van der Waals surface area contributed by atoms with E-state index in [2.05, 4.69) is 6.92 Å². The molecule has 20 heavy (non-hydrogen) atoms. The van der Waals surface area contributed by atoms with Crippen molar-refractivity contribution in [1.82, 2.24) is 0 Å². The van der Waals surface area contributed by atoms with E-state index in [-0.39, 0.29) is 12.7 Å². The van der Waals surface area contributed by atoms with E-state index in [0.717, 1.165) is 12.8 Å². The monoisotopic (exact) mass is 284 g/mol. The zero-order valence-electron chi connectivity index (χ0n) is 13.6. The molecule has 1 N–H and O–H groups in total. The zero-order chi connectivity index (χ0) is 14.5. The summed E-state index contributed by atoms with van der Waals surface area (Å²) < 4.78 is 5.75. The van der Waals surface area contributed by atoms with Crippen molar-refractivity contribution in [3.8, 4) is 0 Å². The van der Waals surface area contributed by atoms with Gasteiger partial charge >= 0.3 is 0 Å². The summed E-state index contributed by atoms with van der Waals surface area (Å²) in [4.78, 5) is 0. The Labute approximate surface area is 126 Å². The van der Waals surface area contributed by atoms with Crippen molar-refractivity contribution in [3.63, 3.8) is 0 Å². The second-order valence-electron chi connectivity index (χ2n) is 6.46. The first-order chi connectivity index (χ1) is 9.86. The van der Waals surface area contributed by atoms with Gasteiger partial charge in [-0.15, -0.1) is 0 Å². The third-order valence-electron chi connectivity index (χ3n) is 4.53. The van der Waals surface area contributed by atoms with Crippen molar-refractivity contribution in [2.75, 3.05) is 6.61 Å². The highest BCUT2D eigenvalue weighted by atomic mass is 16.5. The van der Waals surface area contributed by atoms with Crippen molar-refractivity contribution in [1.29, 1.82) is 0 Å². The summed E-state index contributed by atoms with van der Waals surface area (Å²) in [5.41, 5.74) is 0. The van der Waals surface area contributed by atoms with Gasteiger partial charge in [0.1, 0.15) is 0 Å². The van der Waals surface area contributed by atoms with Gasteiger partial charge in [0.05, 0.1) is 18.8 Å². The van der Waals surface area contributed by atoms with Crippen LogP contribution in [0.3, 0.4) is 0 Å². The molecular weight excluding hydrogens is 248 g/mol. The lowest BCUT2D eigenvalue weighted by atomic mass is 10.0. The van der Waals surface area contributed by atoms with Crippen LogP contribution in [0.5, 0.6) is 0 Å². The minimum atomic E-state index is 0.132. The average Bonchev–Trinajstić information content (AvgIpc) is 2.93. The third-order valence-corrected chi connectivity index (χ3v) is 4.53. The van der Waals surface area contributed by atoms with Crippen LogP contribution in [-0.4, -0.2) is 23.9 Å². The number of ether oxygens (including phenoxy) is 1. The number of hydrogen-bond acceptors (Lipinski definition) is 2. The molecule has 0 spiro atoms. The van der Waals surface area contributed by atoms with Crippen LogP contribution < -0.4 is 0 Å². The summed E-state index contributed by atoms with van der Waals surface area (Å²) in [6.45, 7) is 2.48. The molecule has 0 aromatic rings. The first-order valence-corrected chi connectivity index (χ1v) is 9.13. The van der Waals surface area contributed by atoms with Gasteiger partial charge in [0, 0.05) is 0 Å². The molecular formula is C18H36O2. The Hall–Kier alpha value is -0.0800. The number of aliphatic hydroxyl groups excluding tert-OH is 1. The molecule has 120 valence electrons. The standard InChI is InChI=1S/C18H36O2/c1-2-3-4-5-6-7-8-9-10-11-12-13-17-14-15-18(16-19)20-17/h17-19H,2-16H2,1H3. The fraction of sp³-hybridized carbons (Fsp3) is 1.00. The lowest BCUT2D eigenvalue weighted by Crippen LogP contribution is -2.14. The van der Waals surface area contributed by atoms with Crippen molar-refractivity contribution < 1.29 is 9.84 Å². The maximum Gasteiger partial charge on any atom is 0.0810 e. The highest BCUT2D eigenvalue weighted by molar-refractivity contribution is 4.72. The van der Waals surface area contributed by atoms with E-state index < -0.39 is 0 Å². The molecule has 2 atom stereocenters. The molecule has 0 aliphatic carbocycles. The van der Waals surface area contributed by atoms with E-state index in [1.807, 2.05) is 0 Å². The predicted molar refractivity (Wildman–Crippen MR) is 86.1 cm³/mol. The molecule has 0 radical (unpaired) electrons. The molecule has 1 saturated heterocycles. The van der Waals surface area contributed by atoms with E-state index >= 15 is 0 Å².